The molecule has 1 aromatic carbocycles. The van der Waals surface area contributed by atoms with Crippen molar-refractivity contribution in [2.75, 3.05) is 44.2 Å². The predicted octanol–water partition coefficient (Wildman–Crippen LogP) is 2.41. The van der Waals surface area contributed by atoms with Gasteiger partial charge in [0.1, 0.15) is 12.4 Å². The number of nitrogens with zero attached hydrogens (tertiary/aromatic N) is 4. The molecule has 0 bridgehead atoms. The zero-order valence-corrected chi connectivity index (χ0v) is 16.0. The summed E-state index contributed by atoms with van der Waals surface area (Å²) in [6.07, 6.45) is 5.37. The molecule has 5 rings (SSSR count). The van der Waals surface area contributed by atoms with Gasteiger partial charge >= 0.3 is 0 Å². The van der Waals surface area contributed by atoms with Gasteiger partial charge in [-0.25, -0.2) is 0 Å². The van der Waals surface area contributed by atoms with Crippen LogP contribution >= 0.6 is 0 Å². The molecule has 1 saturated carbocycles. The monoisotopic (exact) mass is 372 g/mol. The lowest BCUT2D eigenvalue weighted by atomic mass is 9.99. The first-order chi connectivity index (χ1) is 13.1. The minimum absolute atomic E-state index is 0.116. The number of fused-ring (bicyclic) bond motifs is 3. The van der Waals surface area contributed by atoms with E-state index in [4.69, 9.17) is 4.74 Å². The van der Waals surface area contributed by atoms with Crippen molar-refractivity contribution < 1.29 is 9.66 Å². The Bertz CT molecular complexity index is 743. The molecule has 1 aliphatic carbocycles. The van der Waals surface area contributed by atoms with E-state index < -0.39 is 0 Å². The van der Waals surface area contributed by atoms with E-state index in [-0.39, 0.29) is 10.6 Å². The molecule has 1 atom stereocenters. The number of hydrogen-bond acceptors (Lipinski definition) is 6. The Morgan fingerprint density at radius 2 is 1.74 bits per heavy atom. The Morgan fingerprint density at radius 3 is 2.44 bits per heavy atom. The van der Waals surface area contributed by atoms with E-state index in [0.29, 0.717) is 24.4 Å². The SMILES string of the molecule is Cc1cc([N+](=O)[O-])cc2c1N1CCN(C3CCN(C4CC4)CC3)C[C@@H]1CO2. The van der Waals surface area contributed by atoms with Crippen LogP contribution in [0.2, 0.25) is 0 Å². The van der Waals surface area contributed by atoms with Crippen LogP contribution < -0.4 is 9.64 Å². The largest absolute Gasteiger partial charge is 0.489 e. The van der Waals surface area contributed by atoms with Crippen LogP contribution in [0.1, 0.15) is 31.2 Å². The van der Waals surface area contributed by atoms with E-state index in [1.54, 1.807) is 12.1 Å². The van der Waals surface area contributed by atoms with Crippen LogP contribution in [0.25, 0.3) is 0 Å². The highest BCUT2D eigenvalue weighted by molar-refractivity contribution is 5.69. The van der Waals surface area contributed by atoms with Gasteiger partial charge in [-0.1, -0.05) is 0 Å². The van der Waals surface area contributed by atoms with Gasteiger partial charge < -0.3 is 14.5 Å². The smallest absolute Gasteiger partial charge is 0.273 e. The van der Waals surface area contributed by atoms with Crippen LogP contribution in [0.3, 0.4) is 0 Å². The zero-order valence-electron chi connectivity index (χ0n) is 16.0. The summed E-state index contributed by atoms with van der Waals surface area (Å²) in [5, 5.41) is 11.1. The van der Waals surface area contributed by atoms with Gasteiger partial charge in [-0.3, -0.25) is 15.0 Å². The minimum atomic E-state index is -0.339. The predicted molar refractivity (Wildman–Crippen MR) is 104 cm³/mol. The quantitative estimate of drug-likeness (QED) is 0.600. The fourth-order valence-electron chi connectivity index (χ4n) is 5.20. The summed E-state index contributed by atoms with van der Waals surface area (Å²) in [6.45, 7) is 8.15. The minimum Gasteiger partial charge on any atom is -0.489 e. The molecule has 4 aliphatic rings. The van der Waals surface area contributed by atoms with Crippen LogP contribution in [0.4, 0.5) is 11.4 Å². The summed E-state index contributed by atoms with van der Waals surface area (Å²) in [6, 6.07) is 5.18. The molecule has 3 fully saturated rings. The zero-order chi connectivity index (χ0) is 18.5. The molecular formula is C20H28N4O3. The Morgan fingerprint density at radius 1 is 1.00 bits per heavy atom. The van der Waals surface area contributed by atoms with E-state index in [1.165, 1.54) is 38.8 Å². The summed E-state index contributed by atoms with van der Waals surface area (Å²) < 4.78 is 5.98. The summed E-state index contributed by atoms with van der Waals surface area (Å²) in [4.78, 5) is 18.6. The van der Waals surface area contributed by atoms with Crippen LogP contribution in [0.15, 0.2) is 12.1 Å². The van der Waals surface area contributed by atoms with Crippen molar-refractivity contribution in [2.45, 2.75) is 50.7 Å². The fourth-order valence-corrected chi connectivity index (χ4v) is 5.20. The van der Waals surface area contributed by atoms with Crippen molar-refractivity contribution >= 4 is 11.4 Å². The molecule has 27 heavy (non-hydrogen) atoms. The molecule has 0 N–H and O–H groups in total. The van der Waals surface area contributed by atoms with Gasteiger partial charge in [-0.2, -0.15) is 0 Å². The maximum Gasteiger partial charge on any atom is 0.273 e. The van der Waals surface area contributed by atoms with Gasteiger partial charge in [0, 0.05) is 37.8 Å². The number of anilines is 1. The van der Waals surface area contributed by atoms with Crippen LogP contribution in [-0.4, -0.2) is 72.2 Å². The van der Waals surface area contributed by atoms with E-state index in [2.05, 4.69) is 14.7 Å². The number of piperidine rings is 1. The summed E-state index contributed by atoms with van der Waals surface area (Å²) in [7, 11) is 0. The number of rotatable bonds is 3. The van der Waals surface area contributed by atoms with E-state index in [0.717, 1.165) is 36.9 Å². The number of hydrogen-bond donors (Lipinski definition) is 0. The van der Waals surface area contributed by atoms with Crippen molar-refractivity contribution in [1.29, 1.82) is 0 Å². The molecule has 3 heterocycles. The molecule has 0 aromatic heterocycles. The maximum atomic E-state index is 11.1. The fraction of sp³-hybridized carbons (Fsp3) is 0.700. The highest BCUT2D eigenvalue weighted by atomic mass is 16.6. The van der Waals surface area contributed by atoms with E-state index >= 15 is 0 Å². The molecular weight excluding hydrogens is 344 g/mol. The summed E-state index contributed by atoms with van der Waals surface area (Å²) >= 11 is 0. The van der Waals surface area contributed by atoms with Gasteiger partial charge in [-0.05, 0) is 51.3 Å². The molecule has 146 valence electrons. The highest BCUT2D eigenvalue weighted by Crippen LogP contribution is 2.41. The maximum absolute atomic E-state index is 11.1. The van der Waals surface area contributed by atoms with Gasteiger partial charge in [0.05, 0.1) is 22.7 Å². The number of non-ortho nitro benzene ring substituents is 1. The Kier molecular flexibility index (Phi) is 4.24. The van der Waals surface area contributed by atoms with Crippen LogP contribution in [-0.2, 0) is 0 Å². The third-order valence-electron chi connectivity index (χ3n) is 6.77. The van der Waals surface area contributed by atoms with Gasteiger partial charge in [0.15, 0.2) is 0 Å². The first-order valence-electron chi connectivity index (χ1n) is 10.3. The molecule has 2 saturated heterocycles. The Hall–Kier alpha value is -1.86. The number of nitro groups is 1. The second-order valence-corrected chi connectivity index (χ2v) is 8.52. The number of benzene rings is 1. The average molecular weight is 372 g/mol. The van der Waals surface area contributed by atoms with Crippen molar-refractivity contribution in [1.82, 2.24) is 9.80 Å². The molecule has 7 nitrogen and oxygen atoms in total. The summed E-state index contributed by atoms with van der Waals surface area (Å²) in [5.41, 5.74) is 2.11. The lowest BCUT2D eigenvalue weighted by Gasteiger charge is -2.49. The summed E-state index contributed by atoms with van der Waals surface area (Å²) in [5.74, 6) is 0.671. The molecule has 0 radical (unpaired) electrons. The van der Waals surface area contributed by atoms with Crippen molar-refractivity contribution in [3.05, 3.63) is 27.8 Å². The molecule has 0 unspecified atom stereocenters. The topological polar surface area (TPSA) is 62.1 Å². The molecule has 7 heteroatoms. The van der Waals surface area contributed by atoms with Gasteiger partial charge in [0.25, 0.3) is 5.69 Å². The third-order valence-corrected chi connectivity index (χ3v) is 6.77. The molecule has 1 aromatic rings. The average Bonchev–Trinajstić information content (AvgIpc) is 3.52. The second-order valence-electron chi connectivity index (χ2n) is 8.52. The number of ether oxygens (including phenoxy) is 1. The number of nitro benzene ring substituents is 1. The van der Waals surface area contributed by atoms with Crippen LogP contribution in [0.5, 0.6) is 5.75 Å². The highest BCUT2D eigenvalue weighted by Gasteiger charge is 2.39. The normalized spacial score (nSPS) is 27.0. The Labute approximate surface area is 160 Å². The Balaban J connectivity index is 1.28. The van der Waals surface area contributed by atoms with Gasteiger partial charge in [0.2, 0.25) is 0 Å². The standard InChI is InChI=1S/C20H28N4O3/c1-14-10-17(24(25)26)11-19-20(14)23-9-8-22(12-18(23)13-27-19)16-4-6-21(7-5-16)15-2-3-15/h10-11,15-16,18H,2-9,12-13H2,1H3/t18-/m1/s1. The number of aryl methyl sites for hydroxylation is 1. The molecule has 3 aliphatic heterocycles. The number of likely N-dealkylation sites (tertiary alicyclic amines) is 1. The van der Waals surface area contributed by atoms with Crippen LogP contribution in [0, 0.1) is 17.0 Å². The van der Waals surface area contributed by atoms with Crippen molar-refractivity contribution in [2.24, 2.45) is 0 Å². The molecule has 0 amide bonds. The third kappa shape index (κ3) is 3.17. The number of piperazine rings is 1. The van der Waals surface area contributed by atoms with Gasteiger partial charge in [-0.15, -0.1) is 0 Å². The lowest BCUT2D eigenvalue weighted by Crippen LogP contribution is -2.60. The van der Waals surface area contributed by atoms with Crippen molar-refractivity contribution in [3.8, 4) is 5.75 Å². The molecule has 0 spiro atoms. The first kappa shape index (κ1) is 17.3. The lowest BCUT2D eigenvalue weighted by molar-refractivity contribution is -0.385. The van der Waals surface area contributed by atoms with E-state index in [1.807, 2.05) is 6.92 Å². The first-order valence-corrected chi connectivity index (χ1v) is 10.3. The van der Waals surface area contributed by atoms with E-state index in [9.17, 15) is 10.1 Å². The second kappa shape index (κ2) is 6.63. The van der Waals surface area contributed by atoms with Crippen molar-refractivity contribution in [3.63, 3.8) is 0 Å².